The van der Waals surface area contributed by atoms with E-state index in [2.05, 4.69) is 35.8 Å². The lowest BCUT2D eigenvalue weighted by Gasteiger charge is -2.03. The molecule has 0 aliphatic carbocycles. The van der Waals surface area contributed by atoms with Gasteiger partial charge in [-0.25, -0.2) is 4.98 Å². The Morgan fingerprint density at radius 2 is 2.31 bits per heavy atom. The van der Waals surface area contributed by atoms with E-state index in [0.717, 1.165) is 11.5 Å². The van der Waals surface area contributed by atoms with E-state index in [0.29, 0.717) is 15.0 Å². The quantitative estimate of drug-likeness (QED) is 0.864. The molecule has 0 aliphatic heterocycles. The Kier molecular flexibility index (Phi) is 3.47. The van der Waals surface area contributed by atoms with Gasteiger partial charge in [-0.15, -0.1) is 5.10 Å². The molecule has 0 spiro atoms. The van der Waals surface area contributed by atoms with Gasteiger partial charge in [-0.1, -0.05) is 16.1 Å². The van der Waals surface area contributed by atoms with Crippen molar-refractivity contribution < 1.29 is 4.79 Å². The van der Waals surface area contributed by atoms with E-state index in [9.17, 15) is 4.79 Å². The van der Waals surface area contributed by atoms with E-state index >= 15 is 0 Å². The monoisotopic (exact) mass is 318 g/mol. The minimum absolute atomic E-state index is 0.151. The summed E-state index contributed by atoms with van der Waals surface area (Å²) in [6.07, 6.45) is 2.98. The van der Waals surface area contributed by atoms with Crippen LogP contribution in [0.5, 0.6) is 0 Å². The van der Waals surface area contributed by atoms with Crippen LogP contribution in [0.4, 0.5) is 5.00 Å². The van der Waals surface area contributed by atoms with Crippen LogP contribution in [0.15, 0.2) is 22.9 Å². The van der Waals surface area contributed by atoms with E-state index in [-0.39, 0.29) is 11.1 Å². The predicted molar refractivity (Wildman–Crippen MR) is 64.8 cm³/mol. The summed E-state index contributed by atoms with van der Waals surface area (Å²) in [7, 11) is 0. The molecule has 5 nitrogen and oxygen atoms in total. The zero-order chi connectivity index (χ0) is 11.5. The Balaban J connectivity index is 2.24. The van der Waals surface area contributed by atoms with Crippen molar-refractivity contribution in [3.05, 3.63) is 33.6 Å². The Morgan fingerprint density at radius 1 is 1.50 bits per heavy atom. The Morgan fingerprint density at radius 3 is 3.00 bits per heavy atom. The van der Waals surface area contributed by atoms with Crippen molar-refractivity contribution >= 4 is 50.0 Å². The van der Waals surface area contributed by atoms with Crippen molar-refractivity contribution in [3.8, 4) is 0 Å². The minimum Gasteiger partial charge on any atom is -0.311 e. The van der Waals surface area contributed by atoms with E-state index < -0.39 is 0 Å². The number of hydrogen-bond acceptors (Lipinski definition) is 5. The normalized spacial score (nSPS) is 10.1. The lowest BCUT2D eigenvalue weighted by Crippen LogP contribution is -2.12. The number of anilines is 1. The van der Waals surface area contributed by atoms with Gasteiger partial charge in [0.25, 0.3) is 5.91 Å². The van der Waals surface area contributed by atoms with Crippen LogP contribution in [0.3, 0.4) is 0 Å². The third-order valence-electron chi connectivity index (χ3n) is 1.65. The van der Waals surface area contributed by atoms with Crippen molar-refractivity contribution in [2.45, 2.75) is 0 Å². The van der Waals surface area contributed by atoms with Gasteiger partial charge in [0.15, 0.2) is 0 Å². The highest BCUT2D eigenvalue weighted by Gasteiger charge is 2.13. The van der Waals surface area contributed by atoms with Crippen molar-refractivity contribution in [2.75, 3.05) is 5.32 Å². The molecule has 8 heteroatoms. The number of nitrogens with zero attached hydrogens (tertiary/aromatic N) is 3. The average molecular weight is 320 g/mol. The van der Waals surface area contributed by atoms with Crippen LogP contribution < -0.4 is 5.32 Å². The van der Waals surface area contributed by atoms with Crippen LogP contribution in [0.1, 0.15) is 10.4 Å². The van der Waals surface area contributed by atoms with Gasteiger partial charge < -0.3 is 5.32 Å². The van der Waals surface area contributed by atoms with Crippen molar-refractivity contribution in [1.82, 2.24) is 14.6 Å². The lowest BCUT2D eigenvalue weighted by atomic mass is 10.3. The summed E-state index contributed by atoms with van der Waals surface area (Å²) in [5, 5.41) is 6.93. The van der Waals surface area contributed by atoms with Gasteiger partial charge in [-0.2, -0.15) is 0 Å². The first-order chi connectivity index (χ1) is 7.66. The Labute approximate surface area is 108 Å². The van der Waals surface area contributed by atoms with Gasteiger partial charge >= 0.3 is 0 Å². The predicted octanol–water partition coefficient (Wildman–Crippen LogP) is 2.60. The second-order valence-electron chi connectivity index (χ2n) is 2.73. The first kappa shape index (κ1) is 11.4. The molecule has 0 saturated carbocycles. The van der Waals surface area contributed by atoms with E-state index in [1.54, 1.807) is 6.07 Å². The van der Waals surface area contributed by atoms with Crippen LogP contribution in [-0.2, 0) is 0 Å². The molecule has 0 saturated heterocycles. The standard InChI is InChI=1S/C8H4BrClN4OS/c9-4-1-5(7(10)11-2-4)8(15)13-6-3-12-14-16-6/h1-3H,(H,13,15). The van der Waals surface area contributed by atoms with Gasteiger partial charge in [0.1, 0.15) is 10.2 Å². The summed E-state index contributed by atoms with van der Waals surface area (Å²) in [4.78, 5) is 15.6. The maximum Gasteiger partial charge on any atom is 0.259 e. The molecule has 0 aromatic carbocycles. The first-order valence-electron chi connectivity index (χ1n) is 4.06. The van der Waals surface area contributed by atoms with Gasteiger partial charge in [0.05, 0.1) is 11.8 Å². The second-order valence-corrected chi connectivity index (χ2v) is 4.79. The molecule has 0 atom stereocenters. The van der Waals surface area contributed by atoms with E-state index in [1.807, 2.05) is 0 Å². The van der Waals surface area contributed by atoms with Gasteiger partial charge in [-0.05, 0) is 22.0 Å². The molecule has 2 rings (SSSR count). The lowest BCUT2D eigenvalue weighted by molar-refractivity contribution is 0.102. The van der Waals surface area contributed by atoms with Crippen molar-refractivity contribution in [3.63, 3.8) is 0 Å². The zero-order valence-electron chi connectivity index (χ0n) is 7.65. The molecule has 0 bridgehead atoms. The van der Waals surface area contributed by atoms with E-state index in [4.69, 9.17) is 11.6 Å². The largest absolute Gasteiger partial charge is 0.311 e. The number of carbonyl (C=O) groups excluding carboxylic acids is 1. The van der Waals surface area contributed by atoms with Gasteiger partial charge in [0.2, 0.25) is 0 Å². The van der Waals surface area contributed by atoms with Gasteiger partial charge in [0, 0.05) is 22.2 Å². The molecule has 1 N–H and O–H groups in total. The topological polar surface area (TPSA) is 67.8 Å². The number of hydrogen-bond donors (Lipinski definition) is 1. The SMILES string of the molecule is O=C(Nc1cnns1)c1cc(Br)cnc1Cl. The number of rotatable bonds is 2. The van der Waals surface area contributed by atoms with Crippen LogP contribution >= 0.6 is 39.1 Å². The highest BCUT2D eigenvalue weighted by atomic mass is 79.9. The molecule has 1 amide bonds. The zero-order valence-corrected chi connectivity index (χ0v) is 10.8. The molecule has 0 radical (unpaired) electrons. The number of pyridine rings is 1. The molecule has 0 unspecified atom stereocenters. The fourth-order valence-corrected chi connectivity index (χ4v) is 1.92. The van der Waals surface area contributed by atoms with Crippen molar-refractivity contribution in [2.24, 2.45) is 0 Å². The second kappa shape index (κ2) is 4.86. The third kappa shape index (κ3) is 2.55. The van der Waals surface area contributed by atoms with Crippen LogP contribution in [0, 0.1) is 0 Å². The summed E-state index contributed by atoms with van der Waals surface area (Å²) >= 11 is 10.1. The summed E-state index contributed by atoms with van der Waals surface area (Å²) < 4.78 is 4.31. The maximum atomic E-state index is 11.8. The maximum absolute atomic E-state index is 11.8. The number of nitrogens with one attached hydrogen (secondary N) is 1. The minimum atomic E-state index is -0.343. The summed E-state index contributed by atoms with van der Waals surface area (Å²) in [5.74, 6) is -0.343. The van der Waals surface area contributed by atoms with Crippen LogP contribution in [0.2, 0.25) is 5.15 Å². The molecule has 2 aromatic heterocycles. The number of amides is 1. The summed E-state index contributed by atoms with van der Waals surface area (Å²) in [6.45, 7) is 0. The first-order valence-corrected chi connectivity index (χ1v) is 6.01. The molecular weight excluding hydrogens is 316 g/mol. The molecule has 2 heterocycles. The number of carbonyl (C=O) groups is 1. The fourth-order valence-electron chi connectivity index (χ4n) is 0.983. The molecule has 2 aromatic rings. The summed E-state index contributed by atoms with van der Waals surface area (Å²) in [5.41, 5.74) is 0.296. The smallest absolute Gasteiger partial charge is 0.259 e. The molecule has 82 valence electrons. The van der Waals surface area contributed by atoms with Crippen LogP contribution in [0.25, 0.3) is 0 Å². The Hall–Kier alpha value is -1.05. The third-order valence-corrected chi connectivity index (χ3v) is 2.96. The number of aromatic nitrogens is 3. The van der Waals surface area contributed by atoms with Gasteiger partial charge in [-0.3, -0.25) is 4.79 Å². The number of halogens is 2. The summed E-state index contributed by atoms with van der Waals surface area (Å²) in [6, 6.07) is 1.60. The highest BCUT2D eigenvalue weighted by molar-refractivity contribution is 9.10. The highest BCUT2D eigenvalue weighted by Crippen LogP contribution is 2.20. The van der Waals surface area contributed by atoms with Crippen LogP contribution in [-0.4, -0.2) is 20.5 Å². The molecular formula is C8H4BrClN4OS. The fraction of sp³-hybridized carbons (Fsp3) is 0. The average Bonchev–Trinajstić information content (AvgIpc) is 2.74. The molecule has 0 fully saturated rings. The van der Waals surface area contributed by atoms with Crippen molar-refractivity contribution in [1.29, 1.82) is 0 Å². The molecule has 0 aliphatic rings. The Bertz CT molecular complexity index is 519. The van der Waals surface area contributed by atoms with E-state index in [1.165, 1.54) is 12.4 Å². The molecule has 16 heavy (non-hydrogen) atoms.